The van der Waals surface area contributed by atoms with Crippen molar-refractivity contribution in [1.82, 2.24) is 10.2 Å². The average molecular weight is 353 g/mol. The van der Waals surface area contributed by atoms with Crippen LogP contribution in [-0.4, -0.2) is 37.0 Å². The monoisotopic (exact) mass is 352 g/mol. The van der Waals surface area contributed by atoms with Crippen molar-refractivity contribution in [3.05, 3.63) is 34.3 Å². The number of carbonyl (C=O) groups excluding carboxylic acids is 1. The Kier molecular flexibility index (Phi) is 6.24. The number of halogens is 1. The predicted molar refractivity (Wildman–Crippen MR) is 90.5 cm³/mol. The van der Waals surface area contributed by atoms with Gasteiger partial charge in [0.25, 0.3) is 5.91 Å². The highest BCUT2D eigenvalue weighted by Gasteiger charge is 2.20. The van der Waals surface area contributed by atoms with Gasteiger partial charge in [0.15, 0.2) is 0 Å². The van der Waals surface area contributed by atoms with Crippen molar-refractivity contribution in [3.8, 4) is 0 Å². The van der Waals surface area contributed by atoms with E-state index in [1.165, 1.54) is 19.4 Å². The molecule has 4 heteroatoms. The molecule has 1 N–H and O–H groups in total. The summed E-state index contributed by atoms with van der Waals surface area (Å²) < 4.78 is 0.856. The van der Waals surface area contributed by atoms with Gasteiger partial charge in [-0.05, 0) is 65.8 Å². The van der Waals surface area contributed by atoms with Crippen LogP contribution in [0.2, 0.25) is 0 Å². The van der Waals surface area contributed by atoms with E-state index in [4.69, 9.17) is 0 Å². The molecule has 116 valence electrons. The van der Waals surface area contributed by atoms with Crippen molar-refractivity contribution in [2.45, 2.75) is 26.7 Å². The number of hydrogen-bond acceptors (Lipinski definition) is 2. The summed E-state index contributed by atoms with van der Waals surface area (Å²) >= 11 is 3.43. The number of hydrogen-bond donors (Lipinski definition) is 1. The quantitative estimate of drug-likeness (QED) is 0.878. The van der Waals surface area contributed by atoms with E-state index < -0.39 is 0 Å². The summed E-state index contributed by atoms with van der Waals surface area (Å²) in [6.07, 6.45) is 2.37. The van der Waals surface area contributed by atoms with E-state index >= 15 is 0 Å². The Morgan fingerprint density at radius 1 is 1.33 bits per heavy atom. The molecule has 0 aliphatic carbocycles. The molecule has 21 heavy (non-hydrogen) atoms. The second kappa shape index (κ2) is 7.95. The van der Waals surface area contributed by atoms with E-state index in [0.29, 0.717) is 5.92 Å². The van der Waals surface area contributed by atoms with Crippen molar-refractivity contribution < 1.29 is 4.79 Å². The van der Waals surface area contributed by atoms with Gasteiger partial charge in [0.2, 0.25) is 0 Å². The van der Waals surface area contributed by atoms with Gasteiger partial charge in [-0.2, -0.15) is 0 Å². The van der Waals surface area contributed by atoms with E-state index in [0.717, 1.165) is 35.6 Å². The predicted octanol–water partition coefficient (Wildman–Crippen LogP) is 3.55. The molecule has 0 radical (unpaired) electrons. The number of rotatable bonds is 5. The summed E-state index contributed by atoms with van der Waals surface area (Å²) in [6.45, 7) is 8.83. The van der Waals surface area contributed by atoms with Gasteiger partial charge in [0, 0.05) is 17.6 Å². The second-order valence-corrected chi connectivity index (χ2v) is 7.18. The van der Waals surface area contributed by atoms with Crippen LogP contribution in [0.15, 0.2) is 28.7 Å². The highest BCUT2D eigenvalue weighted by Crippen LogP contribution is 2.19. The van der Waals surface area contributed by atoms with Gasteiger partial charge in [0.1, 0.15) is 0 Å². The molecule has 1 fully saturated rings. The molecule has 0 spiro atoms. The molecule has 1 amide bonds. The van der Waals surface area contributed by atoms with E-state index in [2.05, 4.69) is 40.0 Å². The van der Waals surface area contributed by atoms with Crippen LogP contribution >= 0.6 is 15.9 Å². The topological polar surface area (TPSA) is 32.3 Å². The van der Waals surface area contributed by atoms with Crippen molar-refractivity contribution in [2.24, 2.45) is 11.8 Å². The van der Waals surface area contributed by atoms with Crippen molar-refractivity contribution in [1.29, 1.82) is 0 Å². The fraction of sp³-hybridized carbons (Fsp3) is 0.588. The lowest BCUT2D eigenvalue weighted by molar-refractivity contribution is 0.0933. The van der Waals surface area contributed by atoms with Gasteiger partial charge in [0.05, 0.1) is 5.56 Å². The van der Waals surface area contributed by atoms with Crippen molar-refractivity contribution >= 4 is 21.8 Å². The first-order valence-corrected chi connectivity index (χ1v) is 8.60. The van der Waals surface area contributed by atoms with Crippen LogP contribution in [-0.2, 0) is 0 Å². The third kappa shape index (κ3) is 5.11. The largest absolute Gasteiger partial charge is 0.352 e. The van der Waals surface area contributed by atoms with E-state index in [9.17, 15) is 4.79 Å². The maximum Gasteiger partial charge on any atom is 0.252 e. The number of carbonyl (C=O) groups is 1. The van der Waals surface area contributed by atoms with Crippen molar-refractivity contribution in [3.63, 3.8) is 0 Å². The number of piperidine rings is 1. The Morgan fingerprint density at radius 3 is 2.62 bits per heavy atom. The van der Waals surface area contributed by atoms with Crippen molar-refractivity contribution in [2.75, 3.05) is 26.2 Å². The van der Waals surface area contributed by atoms with Gasteiger partial charge in [-0.25, -0.2) is 0 Å². The zero-order chi connectivity index (χ0) is 15.2. The Bertz CT molecular complexity index is 468. The molecular weight excluding hydrogens is 328 g/mol. The Hall–Kier alpha value is -0.870. The SMILES string of the molecule is CC(C)CN1CCC(CNC(=O)c2ccccc2Br)CC1. The van der Waals surface area contributed by atoms with Gasteiger partial charge in [-0.3, -0.25) is 4.79 Å². The summed E-state index contributed by atoms with van der Waals surface area (Å²) in [4.78, 5) is 14.7. The third-order valence-electron chi connectivity index (χ3n) is 4.00. The summed E-state index contributed by atoms with van der Waals surface area (Å²) in [6, 6.07) is 7.57. The molecule has 0 aromatic heterocycles. The number of benzene rings is 1. The summed E-state index contributed by atoms with van der Waals surface area (Å²) in [5.41, 5.74) is 0.717. The van der Waals surface area contributed by atoms with Crippen LogP contribution < -0.4 is 5.32 Å². The summed E-state index contributed by atoms with van der Waals surface area (Å²) in [5.74, 6) is 1.36. The fourth-order valence-corrected chi connectivity index (χ4v) is 3.33. The van der Waals surface area contributed by atoms with E-state index in [-0.39, 0.29) is 5.91 Å². The zero-order valence-corrected chi connectivity index (χ0v) is 14.5. The minimum Gasteiger partial charge on any atom is -0.352 e. The lowest BCUT2D eigenvalue weighted by Gasteiger charge is -2.33. The van der Waals surface area contributed by atoms with Crippen LogP contribution in [0.3, 0.4) is 0 Å². The first-order chi connectivity index (χ1) is 10.1. The van der Waals surface area contributed by atoms with Crippen LogP contribution in [0.25, 0.3) is 0 Å². The van der Waals surface area contributed by atoms with Gasteiger partial charge < -0.3 is 10.2 Å². The number of nitrogens with zero attached hydrogens (tertiary/aromatic N) is 1. The normalized spacial score (nSPS) is 17.1. The fourth-order valence-electron chi connectivity index (χ4n) is 2.87. The summed E-state index contributed by atoms with van der Waals surface area (Å²) in [5, 5.41) is 3.08. The van der Waals surface area contributed by atoms with Gasteiger partial charge in [-0.1, -0.05) is 26.0 Å². The minimum absolute atomic E-state index is 0.0204. The Labute approximate surface area is 136 Å². The van der Waals surface area contributed by atoms with Gasteiger partial charge in [-0.15, -0.1) is 0 Å². The van der Waals surface area contributed by atoms with Gasteiger partial charge >= 0.3 is 0 Å². The van der Waals surface area contributed by atoms with E-state index in [1.54, 1.807) is 0 Å². The number of amides is 1. The first kappa shape index (κ1) is 16.5. The van der Waals surface area contributed by atoms with Crippen LogP contribution in [0, 0.1) is 11.8 Å². The number of nitrogens with one attached hydrogen (secondary N) is 1. The summed E-state index contributed by atoms with van der Waals surface area (Å²) in [7, 11) is 0. The Morgan fingerprint density at radius 2 is 2.00 bits per heavy atom. The van der Waals surface area contributed by atoms with Crippen LogP contribution in [0.1, 0.15) is 37.0 Å². The molecule has 0 atom stereocenters. The molecule has 3 nitrogen and oxygen atoms in total. The lowest BCUT2D eigenvalue weighted by atomic mass is 9.96. The molecule has 0 bridgehead atoms. The third-order valence-corrected chi connectivity index (χ3v) is 4.69. The first-order valence-electron chi connectivity index (χ1n) is 7.81. The molecule has 1 aromatic carbocycles. The molecule has 0 saturated carbocycles. The standard InChI is InChI=1S/C17H25BrN2O/c1-13(2)12-20-9-7-14(8-10-20)11-19-17(21)15-5-3-4-6-16(15)18/h3-6,13-14H,7-12H2,1-2H3,(H,19,21). The van der Waals surface area contributed by atoms with Crippen LogP contribution in [0.5, 0.6) is 0 Å². The molecular formula is C17H25BrN2O. The molecule has 1 aliphatic rings. The smallest absolute Gasteiger partial charge is 0.252 e. The molecule has 0 unspecified atom stereocenters. The second-order valence-electron chi connectivity index (χ2n) is 6.33. The highest BCUT2D eigenvalue weighted by atomic mass is 79.9. The highest BCUT2D eigenvalue weighted by molar-refractivity contribution is 9.10. The lowest BCUT2D eigenvalue weighted by Crippen LogP contribution is -2.40. The molecule has 1 saturated heterocycles. The van der Waals surface area contributed by atoms with Crippen LogP contribution in [0.4, 0.5) is 0 Å². The average Bonchev–Trinajstić information content (AvgIpc) is 2.46. The maximum atomic E-state index is 12.2. The zero-order valence-electron chi connectivity index (χ0n) is 12.9. The maximum absolute atomic E-state index is 12.2. The molecule has 1 aromatic rings. The number of likely N-dealkylation sites (tertiary alicyclic amines) is 1. The van der Waals surface area contributed by atoms with E-state index in [1.807, 2.05) is 24.3 Å². The Balaban J connectivity index is 1.75. The molecule has 1 heterocycles. The molecule has 1 aliphatic heterocycles. The minimum atomic E-state index is 0.0204. The molecule has 2 rings (SSSR count).